The van der Waals surface area contributed by atoms with Crippen LogP contribution in [-0.2, 0) is 4.79 Å². The zero-order valence-corrected chi connectivity index (χ0v) is 16.0. The lowest BCUT2D eigenvalue weighted by atomic mass is 10.1. The molecule has 0 aromatic heterocycles. The Morgan fingerprint density at radius 3 is 2.52 bits per heavy atom. The molecule has 1 saturated heterocycles. The lowest BCUT2D eigenvalue weighted by Gasteiger charge is -2.26. The van der Waals surface area contributed by atoms with E-state index in [4.69, 9.17) is 16.3 Å². The highest BCUT2D eigenvalue weighted by Gasteiger charge is 2.29. The lowest BCUT2D eigenvalue weighted by molar-refractivity contribution is -0.153. The normalized spacial score (nSPS) is 14.6. The largest absolute Gasteiger partial charge is 0.482 e. The van der Waals surface area contributed by atoms with Gasteiger partial charge in [0.05, 0.1) is 5.69 Å². The third-order valence-corrected chi connectivity index (χ3v) is 4.58. The average molecular weight is 427 g/mol. The second-order valence-electron chi connectivity index (χ2n) is 6.55. The number of hydrogen-bond donors (Lipinski definition) is 1. The van der Waals surface area contributed by atoms with Crippen LogP contribution in [0.2, 0.25) is 5.02 Å². The Bertz CT molecular complexity index is 901. The summed E-state index contributed by atoms with van der Waals surface area (Å²) in [6.07, 6.45) is -2.22. The molecule has 0 radical (unpaired) electrons. The van der Waals surface area contributed by atoms with Gasteiger partial charge < -0.3 is 15.0 Å². The molecule has 1 aliphatic heterocycles. The summed E-state index contributed by atoms with van der Waals surface area (Å²) in [6, 6.07) is 10.4. The number of carbonyl (C=O) groups is 2. The number of benzene rings is 2. The molecule has 0 saturated carbocycles. The van der Waals surface area contributed by atoms with Gasteiger partial charge in [0.2, 0.25) is 5.91 Å². The molecule has 154 valence electrons. The zero-order chi connectivity index (χ0) is 21.0. The predicted molar refractivity (Wildman–Crippen MR) is 104 cm³/mol. The quantitative estimate of drug-likeness (QED) is 0.727. The van der Waals surface area contributed by atoms with E-state index in [1.54, 1.807) is 29.2 Å². The van der Waals surface area contributed by atoms with Crippen LogP contribution in [0.4, 0.5) is 24.5 Å². The van der Waals surface area contributed by atoms with Crippen molar-refractivity contribution in [2.75, 3.05) is 23.4 Å². The van der Waals surface area contributed by atoms with Crippen LogP contribution in [0.3, 0.4) is 0 Å². The minimum Gasteiger partial charge on any atom is -0.482 e. The van der Waals surface area contributed by atoms with Crippen LogP contribution in [0.5, 0.6) is 5.75 Å². The lowest BCUT2D eigenvalue weighted by Crippen LogP contribution is -2.35. The summed E-state index contributed by atoms with van der Waals surface area (Å²) < 4.78 is 42.1. The molecular weight excluding hydrogens is 409 g/mol. The number of nitrogens with one attached hydrogen (secondary N) is 1. The second kappa shape index (κ2) is 8.73. The van der Waals surface area contributed by atoms with Crippen molar-refractivity contribution in [3.05, 3.63) is 53.1 Å². The Morgan fingerprint density at radius 1 is 1.14 bits per heavy atom. The van der Waals surface area contributed by atoms with Gasteiger partial charge in [0, 0.05) is 29.2 Å². The van der Waals surface area contributed by atoms with Crippen LogP contribution < -0.4 is 15.0 Å². The fraction of sp³-hybridized carbons (Fsp3) is 0.300. The van der Waals surface area contributed by atoms with Gasteiger partial charge >= 0.3 is 6.18 Å². The van der Waals surface area contributed by atoms with Gasteiger partial charge in [-0.1, -0.05) is 11.6 Å². The van der Waals surface area contributed by atoms with Crippen molar-refractivity contribution in [2.45, 2.75) is 25.4 Å². The van der Waals surface area contributed by atoms with Crippen LogP contribution in [0.15, 0.2) is 42.5 Å². The van der Waals surface area contributed by atoms with E-state index in [2.05, 4.69) is 5.32 Å². The highest BCUT2D eigenvalue weighted by Crippen LogP contribution is 2.30. The molecule has 0 atom stereocenters. The van der Waals surface area contributed by atoms with Gasteiger partial charge in [0.15, 0.2) is 6.61 Å². The zero-order valence-electron chi connectivity index (χ0n) is 15.3. The molecule has 29 heavy (non-hydrogen) atoms. The van der Waals surface area contributed by atoms with Gasteiger partial charge in [-0.2, -0.15) is 13.2 Å². The maximum Gasteiger partial charge on any atom is 0.422 e. The first-order valence-corrected chi connectivity index (χ1v) is 9.31. The van der Waals surface area contributed by atoms with E-state index in [9.17, 15) is 22.8 Å². The maximum absolute atomic E-state index is 12.5. The van der Waals surface area contributed by atoms with Gasteiger partial charge in [-0.05, 0) is 55.3 Å². The van der Waals surface area contributed by atoms with Gasteiger partial charge in [-0.25, -0.2) is 0 Å². The summed E-state index contributed by atoms with van der Waals surface area (Å²) in [4.78, 5) is 26.2. The first-order valence-electron chi connectivity index (χ1n) is 8.94. The molecule has 5 nitrogen and oxygen atoms in total. The number of ether oxygens (including phenoxy) is 1. The number of hydrogen-bond acceptors (Lipinski definition) is 3. The Hall–Kier alpha value is -2.74. The average Bonchev–Trinajstić information content (AvgIpc) is 2.67. The van der Waals surface area contributed by atoms with E-state index in [1.807, 2.05) is 0 Å². The van der Waals surface area contributed by atoms with Crippen LogP contribution in [0.1, 0.15) is 29.6 Å². The summed E-state index contributed by atoms with van der Waals surface area (Å²) >= 11 is 5.89. The fourth-order valence-corrected chi connectivity index (χ4v) is 3.12. The number of alkyl halides is 3. The first kappa shape index (κ1) is 21.0. The maximum atomic E-state index is 12.5. The topological polar surface area (TPSA) is 58.6 Å². The highest BCUT2D eigenvalue weighted by atomic mass is 35.5. The molecule has 0 aliphatic carbocycles. The predicted octanol–water partition coefficient (Wildman–Crippen LogP) is 5.05. The minimum atomic E-state index is -4.51. The molecule has 1 fully saturated rings. The van der Waals surface area contributed by atoms with Gasteiger partial charge in [-0.3, -0.25) is 9.59 Å². The minimum absolute atomic E-state index is 0.0297. The summed E-state index contributed by atoms with van der Waals surface area (Å²) in [5.41, 5.74) is 1.00. The van der Waals surface area contributed by atoms with Gasteiger partial charge in [0.25, 0.3) is 5.91 Å². The Balaban J connectivity index is 1.73. The third kappa shape index (κ3) is 5.63. The van der Waals surface area contributed by atoms with Crippen molar-refractivity contribution in [1.82, 2.24) is 0 Å². The Kier molecular flexibility index (Phi) is 6.32. The number of rotatable bonds is 5. The van der Waals surface area contributed by atoms with Crippen LogP contribution in [-0.4, -0.2) is 31.1 Å². The number of halogens is 4. The highest BCUT2D eigenvalue weighted by molar-refractivity contribution is 6.31. The molecule has 0 bridgehead atoms. The molecule has 1 N–H and O–H groups in total. The molecule has 3 rings (SSSR count). The monoisotopic (exact) mass is 426 g/mol. The molecule has 2 amide bonds. The molecule has 1 heterocycles. The molecule has 0 spiro atoms. The van der Waals surface area contributed by atoms with Crippen LogP contribution in [0.25, 0.3) is 0 Å². The van der Waals surface area contributed by atoms with Gasteiger partial charge in [-0.15, -0.1) is 0 Å². The summed E-state index contributed by atoms with van der Waals surface area (Å²) in [5, 5.41) is 2.75. The summed E-state index contributed by atoms with van der Waals surface area (Å²) in [7, 11) is 0. The van der Waals surface area contributed by atoms with E-state index >= 15 is 0 Å². The van der Waals surface area contributed by atoms with E-state index < -0.39 is 18.7 Å². The van der Waals surface area contributed by atoms with E-state index in [0.717, 1.165) is 12.8 Å². The van der Waals surface area contributed by atoms with E-state index in [-0.39, 0.29) is 27.9 Å². The summed E-state index contributed by atoms with van der Waals surface area (Å²) in [6.45, 7) is -0.858. The second-order valence-corrected chi connectivity index (χ2v) is 6.98. The SMILES string of the molecule is O=C(Nc1cc(Cl)ccc1OCC(F)(F)F)c1ccc(N2CCCCC2=O)cc1. The van der Waals surface area contributed by atoms with Crippen molar-refractivity contribution in [3.8, 4) is 5.75 Å². The number of anilines is 2. The summed E-state index contributed by atoms with van der Waals surface area (Å²) in [5.74, 6) is -0.643. The number of amides is 2. The first-order chi connectivity index (χ1) is 13.7. The van der Waals surface area contributed by atoms with Gasteiger partial charge in [0.1, 0.15) is 5.75 Å². The Labute approximate surface area is 170 Å². The van der Waals surface area contributed by atoms with Crippen LogP contribution >= 0.6 is 11.6 Å². The third-order valence-electron chi connectivity index (χ3n) is 4.35. The molecule has 2 aromatic carbocycles. The van der Waals surface area contributed by atoms with Crippen LogP contribution in [0, 0.1) is 0 Å². The van der Waals surface area contributed by atoms with Crippen molar-refractivity contribution in [2.24, 2.45) is 0 Å². The smallest absolute Gasteiger partial charge is 0.422 e. The molecular formula is C20H18ClF3N2O3. The van der Waals surface area contributed by atoms with Crippen molar-refractivity contribution in [3.63, 3.8) is 0 Å². The van der Waals surface area contributed by atoms with E-state index in [0.29, 0.717) is 18.7 Å². The molecule has 9 heteroatoms. The van der Waals surface area contributed by atoms with Crippen molar-refractivity contribution >= 4 is 34.8 Å². The fourth-order valence-electron chi connectivity index (χ4n) is 2.95. The molecule has 2 aromatic rings. The van der Waals surface area contributed by atoms with Crippen molar-refractivity contribution < 1.29 is 27.5 Å². The van der Waals surface area contributed by atoms with E-state index in [1.165, 1.54) is 18.2 Å². The van der Waals surface area contributed by atoms with Crippen molar-refractivity contribution in [1.29, 1.82) is 0 Å². The number of carbonyl (C=O) groups excluding carboxylic acids is 2. The molecule has 1 aliphatic rings. The number of piperidine rings is 1. The molecule has 0 unspecified atom stereocenters. The standard InChI is InChI=1S/C20H18ClF3N2O3/c21-14-6-9-17(29-12-20(22,23)24)16(11-14)25-19(28)13-4-7-15(8-5-13)26-10-2-1-3-18(26)27/h4-9,11H,1-3,10,12H2,(H,25,28). The number of nitrogens with zero attached hydrogens (tertiary/aromatic N) is 1. The Morgan fingerprint density at radius 2 is 1.86 bits per heavy atom.